The summed E-state index contributed by atoms with van der Waals surface area (Å²) in [7, 11) is 0. The van der Waals surface area contributed by atoms with E-state index in [-0.39, 0.29) is 0 Å². The molecule has 4 rings (SSSR count). The molecule has 0 bridgehead atoms. The van der Waals surface area contributed by atoms with E-state index in [1.807, 2.05) is 30.3 Å². The van der Waals surface area contributed by atoms with E-state index in [1.54, 1.807) is 0 Å². The van der Waals surface area contributed by atoms with Crippen molar-refractivity contribution in [2.24, 2.45) is 0 Å². The van der Waals surface area contributed by atoms with Gasteiger partial charge in [-0.2, -0.15) is 0 Å². The van der Waals surface area contributed by atoms with Gasteiger partial charge in [0, 0.05) is 28.6 Å². The van der Waals surface area contributed by atoms with Crippen LogP contribution in [0.3, 0.4) is 0 Å². The molecule has 0 radical (unpaired) electrons. The number of benzene rings is 2. The third kappa shape index (κ3) is 2.84. The van der Waals surface area contributed by atoms with Crippen molar-refractivity contribution in [2.45, 2.75) is 32.2 Å². The highest BCUT2D eigenvalue weighted by Gasteiger charge is 2.22. The standard InChI is InChI=1S/C20H20ClN3/c1-14-6-4-5-13-24(14)20-17-7-2-3-8-18(17)22-19(23-20)15-9-11-16(21)12-10-15/h2-3,7-12,14H,4-6,13H2,1H3/t14-/m0/s1. The summed E-state index contributed by atoms with van der Waals surface area (Å²) in [5, 5.41) is 1.85. The van der Waals surface area contributed by atoms with Crippen LogP contribution in [0.15, 0.2) is 48.5 Å². The number of hydrogen-bond donors (Lipinski definition) is 0. The van der Waals surface area contributed by atoms with E-state index in [4.69, 9.17) is 21.6 Å². The zero-order chi connectivity index (χ0) is 16.5. The third-order valence-electron chi connectivity index (χ3n) is 4.76. The number of halogens is 1. The highest BCUT2D eigenvalue weighted by atomic mass is 35.5. The molecule has 0 N–H and O–H groups in total. The molecule has 1 aliphatic rings. The Morgan fingerprint density at radius 1 is 1.00 bits per heavy atom. The SMILES string of the molecule is C[C@H]1CCCCN1c1nc(-c2ccc(Cl)cc2)nc2ccccc12. The Morgan fingerprint density at radius 3 is 2.58 bits per heavy atom. The van der Waals surface area contributed by atoms with E-state index in [2.05, 4.69) is 30.0 Å². The molecular formula is C20H20ClN3. The first-order valence-corrected chi connectivity index (χ1v) is 8.89. The van der Waals surface area contributed by atoms with Crippen molar-refractivity contribution in [3.05, 3.63) is 53.6 Å². The minimum absolute atomic E-state index is 0.509. The van der Waals surface area contributed by atoms with Gasteiger partial charge in [0.2, 0.25) is 0 Å². The predicted octanol–water partition coefficient (Wildman–Crippen LogP) is 5.33. The summed E-state index contributed by atoms with van der Waals surface area (Å²) in [6, 6.07) is 16.5. The Labute approximate surface area is 147 Å². The normalized spacial score (nSPS) is 18.1. The maximum atomic E-state index is 6.02. The quantitative estimate of drug-likeness (QED) is 0.633. The first kappa shape index (κ1) is 15.4. The van der Waals surface area contributed by atoms with Gasteiger partial charge in [-0.25, -0.2) is 9.97 Å². The van der Waals surface area contributed by atoms with E-state index in [0.29, 0.717) is 6.04 Å². The zero-order valence-electron chi connectivity index (χ0n) is 13.7. The monoisotopic (exact) mass is 337 g/mol. The van der Waals surface area contributed by atoms with Crippen molar-refractivity contribution in [3.63, 3.8) is 0 Å². The topological polar surface area (TPSA) is 29.0 Å². The molecule has 0 saturated carbocycles. The molecule has 1 aliphatic heterocycles. The number of nitrogens with zero attached hydrogens (tertiary/aromatic N) is 3. The molecule has 122 valence electrons. The van der Waals surface area contributed by atoms with E-state index >= 15 is 0 Å². The third-order valence-corrected chi connectivity index (χ3v) is 5.01. The Hall–Kier alpha value is -2.13. The molecule has 0 amide bonds. The number of fused-ring (bicyclic) bond motifs is 1. The molecule has 0 spiro atoms. The summed E-state index contributed by atoms with van der Waals surface area (Å²) in [5.74, 6) is 1.82. The van der Waals surface area contributed by atoms with Crippen LogP contribution in [0.2, 0.25) is 5.02 Å². The van der Waals surface area contributed by atoms with Crippen molar-refractivity contribution in [3.8, 4) is 11.4 Å². The zero-order valence-corrected chi connectivity index (χ0v) is 14.5. The van der Waals surface area contributed by atoms with Crippen LogP contribution in [0.4, 0.5) is 5.82 Å². The van der Waals surface area contributed by atoms with E-state index in [9.17, 15) is 0 Å². The first-order chi connectivity index (χ1) is 11.7. The number of para-hydroxylation sites is 1. The fourth-order valence-electron chi connectivity index (χ4n) is 3.42. The fraction of sp³-hybridized carbons (Fsp3) is 0.300. The number of rotatable bonds is 2. The smallest absolute Gasteiger partial charge is 0.162 e. The van der Waals surface area contributed by atoms with Gasteiger partial charge in [0.1, 0.15) is 5.82 Å². The number of hydrogen-bond acceptors (Lipinski definition) is 3. The summed E-state index contributed by atoms with van der Waals surface area (Å²) in [4.78, 5) is 12.2. The highest BCUT2D eigenvalue weighted by molar-refractivity contribution is 6.30. The van der Waals surface area contributed by atoms with Crippen LogP contribution in [0.1, 0.15) is 26.2 Å². The molecule has 1 saturated heterocycles. The molecule has 3 nitrogen and oxygen atoms in total. The average Bonchev–Trinajstić information content (AvgIpc) is 2.62. The second kappa shape index (κ2) is 6.40. The van der Waals surface area contributed by atoms with Crippen LogP contribution in [0, 0.1) is 0 Å². The number of anilines is 1. The van der Waals surface area contributed by atoms with Gasteiger partial charge in [0.25, 0.3) is 0 Å². The minimum Gasteiger partial charge on any atom is -0.353 e. The molecule has 2 aromatic carbocycles. The lowest BCUT2D eigenvalue weighted by atomic mass is 10.0. The maximum absolute atomic E-state index is 6.02. The Morgan fingerprint density at radius 2 is 1.79 bits per heavy atom. The molecule has 4 heteroatoms. The lowest BCUT2D eigenvalue weighted by molar-refractivity contribution is 0.482. The Kier molecular flexibility index (Phi) is 4.11. The molecule has 3 aromatic rings. The van der Waals surface area contributed by atoms with E-state index in [0.717, 1.165) is 39.7 Å². The van der Waals surface area contributed by atoms with Crippen LogP contribution in [0.25, 0.3) is 22.3 Å². The molecule has 24 heavy (non-hydrogen) atoms. The lowest BCUT2D eigenvalue weighted by Crippen LogP contribution is -2.38. The fourth-order valence-corrected chi connectivity index (χ4v) is 3.55. The Balaban J connectivity index is 1.89. The minimum atomic E-state index is 0.509. The summed E-state index contributed by atoms with van der Waals surface area (Å²) >= 11 is 6.02. The predicted molar refractivity (Wildman–Crippen MR) is 101 cm³/mol. The van der Waals surface area contributed by atoms with Gasteiger partial charge in [-0.1, -0.05) is 23.7 Å². The van der Waals surface area contributed by atoms with Crippen molar-refractivity contribution < 1.29 is 0 Å². The van der Waals surface area contributed by atoms with E-state index < -0.39 is 0 Å². The molecule has 0 unspecified atom stereocenters. The molecule has 1 aromatic heterocycles. The molecular weight excluding hydrogens is 318 g/mol. The van der Waals surface area contributed by atoms with Crippen LogP contribution in [0.5, 0.6) is 0 Å². The maximum Gasteiger partial charge on any atom is 0.162 e. The summed E-state index contributed by atoms with van der Waals surface area (Å²) in [5.41, 5.74) is 1.99. The van der Waals surface area contributed by atoms with Gasteiger partial charge >= 0.3 is 0 Å². The summed E-state index contributed by atoms with van der Waals surface area (Å²) < 4.78 is 0. The van der Waals surface area contributed by atoms with Crippen molar-refractivity contribution in [1.82, 2.24) is 9.97 Å². The first-order valence-electron chi connectivity index (χ1n) is 8.52. The van der Waals surface area contributed by atoms with Crippen molar-refractivity contribution in [1.29, 1.82) is 0 Å². The Bertz CT molecular complexity index is 860. The van der Waals surface area contributed by atoms with Crippen LogP contribution >= 0.6 is 11.6 Å². The average molecular weight is 338 g/mol. The summed E-state index contributed by atoms with van der Waals surface area (Å²) in [6.07, 6.45) is 3.73. The van der Waals surface area contributed by atoms with Crippen LogP contribution in [-0.4, -0.2) is 22.6 Å². The molecule has 0 aliphatic carbocycles. The second-order valence-corrected chi connectivity index (χ2v) is 6.87. The number of piperidine rings is 1. The van der Waals surface area contributed by atoms with Gasteiger partial charge in [-0.05, 0) is 62.6 Å². The largest absolute Gasteiger partial charge is 0.353 e. The highest BCUT2D eigenvalue weighted by Crippen LogP contribution is 2.31. The molecule has 1 fully saturated rings. The molecule has 2 heterocycles. The number of aromatic nitrogens is 2. The van der Waals surface area contributed by atoms with Gasteiger partial charge in [0.15, 0.2) is 5.82 Å². The second-order valence-electron chi connectivity index (χ2n) is 6.43. The van der Waals surface area contributed by atoms with Gasteiger partial charge in [-0.3, -0.25) is 0 Å². The van der Waals surface area contributed by atoms with Crippen LogP contribution in [-0.2, 0) is 0 Å². The van der Waals surface area contributed by atoms with E-state index in [1.165, 1.54) is 19.3 Å². The van der Waals surface area contributed by atoms with Crippen LogP contribution < -0.4 is 4.90 Å². The van der Waals surface area contributed by atoms with Gasteiger partial charge in [0.05, 0.1) is 5.52 Å². The molecule has 1 atom stereocenters. The van der Waals surface area contributed by atoms with Gasteiger partial charge in [-0.15, -0.1) is 0 Å². The summed E-state index contributed by atoms with van der Waals surface area (Å²) in [6.45, 7) is 3.35. The van der Waals surface area contributed by atoms with Crippen molar-refractivity contribution in [2.75, 3.05) is 11.4 Å². The lowest BCUT2D eigenvalue weighted by Gasteiger charge is -2.35. The van der Waals surface area contributed by atoms with Gasteiger partial charge < -0.3 is 4.90 Å². The van der Waals surface area contributed by atoms with Crippen molar-refractivity contribution >= 4 is 28.3 Å².